The summed E-state index contributed by atoms with van der Waals surface area (Å²) in [5, 5.41) is 4.72. The molecule has 5 heterocycles. The zero-order valence-electron chi connectivity index (χ0n) is 16.0. The Morgan fingerprint density at radius 2 is 2.13 bits per heavy atom. The van der Waals surface area contributed by atoms with E-state index < -0.39 is 17.7 Å². The first kappa shape index (κ1) is 17.8. The molecule has 6 rings (SSSR count). The lowest BCUT2D eigenvalue weighted by Gasteiger charge is -2.33. The highest BCUT2D eigenvalue weighted by Crippen LogP contribution is 2.37. The van der Waals surface area contributed by atoms with Gasteiger partial charge in [-0.2, -0.15) is 5.10 Å². The molecule has 0 fully saturated rings. The van der Waals surface area contributed by atoms with Gasteiger partial charge >= 0.3 is 0 Å². The van der Waals surface area contributed by atoms with Crippen molar-refractivity contribution in [1.82, 2.24) is 24.5 Å². The van der Waals surface area contributed by atoms with Crippen LogP contribution in [0.25, 0.3) is 16.5 Å². The van der Waals surface area contributed by atoms with Gasteiger partial charge in [0.2, 0.25) is 0 Å². The molecule has 1 N–H and O–H groups in total. The van der Waals surface area contributed by atoms with Crippen molar-refractivity contribution in [3.05, 3.63) is 89.5 Å². The van der Waals surface area contributed by atoms with Crippen molar-refractivity contribution in [3.63, 3.8) is 0 Å². The van der Waals surface area contributed by atoms with Crippen LogP contribution in [0.5, 0.6) is 0 Å². The minimum absolute atomic E-state index is 0.138. The minimum atomic E-state index is -0.635. The van der Waals surface area contributed by atoms with E-state index in [0.29, 0.717) is 40.9 Å². The zero-order valence-corrected chi connectivity index (χ0v) is 16.0. The van der Waals surface area contributed by atoms with Gasteiger partial charge in [-0.25, -0.2) is 18.3 Å². The van der Waals surface area contributed by atoms with Gasteiger partial charge in [-0.05, 0) is 24.3 Å². The lowest BCUT2D eigenvalue weighted by atomic mass is 9.99. The number of nitrogens with zero attached hydrogens (tertiary/aromatic N) is 4. The van der Waals surface area contributed by atoms with Crippen LogP contribution < -0.4 is 0 Å². The topological polar surface area (TPSA) is 79.4 Å². The number of fused-ring (bicyclic) bond motifs is 3. The summed E-state index contributed by atoms with van der Waals surface area (Å²) in [7, 11) is 0. The molecule has 0 saturated heterocycles. The van der Waals surface area contributed by atoms with Gasteiger partial charge in [0.15, 0.2) is 11.4 Å². The Hall–Kier alpha value is -4.01. The summed E-state index contributed by atoms with van der Waals surface area (Å²) in [4.78, 5) is 22.8. The molecule has 0 radical (unpaired) electrons. The van der Waals surface area contributed by atoms with Crippen LogP contribution in [0.3, 0.4) is 0 Å². The molecule has 7 nitrogen and oxygen atoms in total. The van der Waals surface area contributed by atoms with E-state index in [-0.39, 0.29) is 11.5 Å². The molecular weight excluding hydrogens is 404 g/mol. The molecule has 0 saturated carbocycles. The third-order valence-corrected chi connectivity index (χ3v) is 5.68. The second-order valence-electron chi connectivity index (χ2n) is 7.46. The number of halogens is 2. The van der Waals surface area contributed by atoms with Crippen molar-refractivity contribution < 1.29 is 18.0 Å². The summed E-state index contributed by atoms with van der Waals surface area (Å²) in [6.07, 6.45) is 4.80. The number of para-hydroxylation sites is 1. The molecule has 1 atom stereocenters. The molecule has 1 aromatic carbocycles. The molecule has 0 aliphatic carbocycles. The number of imidazole rings is 1. The van der Waals surface area contributed by atoms with Gasteiger partial charge in [-0.3, -0.25) is 4.79 Å². The van der Waals surface area contributed by atoms with Crippen LogP contribution in [0.2, 0.25) is 0 Å². The van der Waals surface area contributed by atoms with E-state index in [1.54, 1.807) is 29.4 Å². The van der Waals surface area contributed by atoms with E-state index in [1.165, 1.54) is 35.1 Å². The summed E-state index contributed by atoms with van der Waals surface area (Å²) in [5.41, 5.74) is 2.53. The highest BCUT2D eigenvalue weighted by atomic mass is 19.1. The number of furan rings is 1. The van der Waals surface area contributed by atoms with Crippen molar-refractivity contribution in [3.8, 4) is 0 Å². The largest absolute Gasteiger partial charge is 0.455 e. The first-order chi connectivity index (χ1) is 15.1. The molecule has 1 amide bonds. The zero-order chi connectivity index (χ0) is 21.1. The van der Waals surface area contributed by atoms with Crippen LogP contribution >= 0.6 is 0 Å². The molecule has 9 heteroatoms. The van der Waals surface area contributed by atoms with E-state index >= 15 is 0 Å². The van der Waals surface area contributed by atoms with Crippen molar-refractivity contribution in [2.45, 2.75) is 12.5 Å². The Kier molecular flexibility index (Phi) is 3.73. The maximum atomic E-state index is 14.3. The van der Waals surface area contributed by atoms with Crippen molar-refractivity contribution in [2.75, 3.05) is 6.54 Å². The lowest BCUT2D eigenvalue weighted by Crippen LogP contribution is -2.40. The third-order valence-electron chi connectivity index (χ3n) is 5.68. The fourth-order valence-corrected chi connectivity index (χ4v) is 4.24. The number of pyridine rings is 1. The van der Waals surface area contributed by atoms with Crippen molar-refractivity contribution in [2.24, 2.45) is 0 Å². The van der Waals surface area contributed by atoms with Gasteiger partial charge in [0.25, 0.3) is 5.91 Å². The summed E-state index contributed by atoms with van der Waals surface area (Å²) in [6.45, 7) is 0.400. The first-order valence-electron chi connectivity index (χ1n) is 9.74. The molecule has 0 spiro atoms. The fourth-order valence-electron chi connectivity index (χ4n) is 4.24. The summed E-state index contributed by atoms with van der Waals surface area (Å²) in [6, 6.07) is 8.60. The number of carbonyl (C=O) groups is 1. The number of nitrogens with one attached hydrogen (secondary N) is 1. The molecule has 154 valence electrons. The second-order valence-corrected chi connectivity index (χ2v) is 7.46. The number of amides is 1. The van der Waals surface area contributed by atoms with Crippen LogP contribution in [-0.2, 0) is 6.42 Å². The average molecular weight is 419 g/mol. The maximum absolute atomic E-state index is 14.3. The lowest BCUT2D eigenvalue weighted by molar-refractivity contribution is 0.0674. The molecule has 1 aliphatic heterocycles. The van der Waals surface area contributed by atoms with Gasteiger partial charge in [0.05, 0.1) is 35.5 Å². The Balaban J connectivity index is 1.49. The Morgan fingerprint density at radius 3 is 3.00 bits per heavy atom. The monoisotopic (exact) mass is 419 g/mol. The van der Waals surface area contributed by atoms with E-state index in [2.05, 4.69) is 15.1 Å². The molecule has 1 aliphatic rings. The summed E-state index contributed by atoms with van der Waals surface area (Å²) >= 11 is 0. The quantitative estimate of drug-likeness (QED) is 0.471. The number of rotatable bonds is 2. The molecular formula is C22H15F2N5O2. The van der Waals surface area contributed by atoms with E-state index in [9.17, 15) is 13.6 Å². The van der Waals surface area contributed by atoms with E-state index in [0.717, 1.165) is 5.69 Å². The normalized spacial score (nSPS) is 16.2. The first-order valence-corrected chi connectivity index (χ1v) is 9.74. The summed E-state index contributed by atoms with van der Waals surface area (Å²) in [5.74, 6) is -0.787. The molecule has 31 heavy (non-hydrogen) atoms. The van der Waals surface area contributed by atoms with Gasteiger partial charge < -0.3 is 14.3 Å². The summed E-state index contributed by atoms with van der Waals surface area (Å²) < 4.78 is 35.0. The smallest absolute Gasteiger partial charge is 0.258 e. The van der Waals surface area contributed by atoms with Gasteiger partial charge in [-0.15, -0.1) is 0 Å². The van der Waals surface area contributed by atoms with Crippen LogP contribution in [-0.4, -0.2) is 36.9 Å². The second kappa shape index (κ2) is 6.49. The highest BCUT2D eigenvalue weighted by Gasteiger charge is 2.37. The number of aromatic amines is 1. The van der Waals surface area contributed by atoms with Crippen LogP contribution in [0.15, 0.2) is 59.5 Å². The van der Waals surface area contributed by atoms with Crippen LogP contribution in [0, 0.1) is 11.6 Å². The number of hydrogen-bond donors (Lipinski definition) is 1. The predicted molar refractivity (Wildman–Crippen MR) is 106 cm³/mol. The minimum Gasteiger partial charge on any atom is -0.455 e. The molecule has 5 aromatic rings. The standard InChI is InChI=1S/C22H15F2N5O2/c23-13-4-5-17-14(9-27-29(17)10-13)22(30)28-7-6-16-19(26-11-25-16)20(28)18-8-12-2-1-3-15(24)21(12)31-18/h1-5,8-11,20H,6-7H2,(H,25,26)/t20-/m1/s1. The third kappa shape index (κ3) is 2.66. The Morgan fingerprint density at radius 1 is 1.23 bits per heavy atom. The molecule has 0 unspecified atom stereocenters. The van der Waals surface area contributed by atoms with Gasteiger partial charge in [0, 0.05) is 24.0 Å². The van der Waals surface area contributed by atoms with E-state index in [4.69, 9.17) is 4.42 Å². The SMILES string of the molecule is O=C(c1cnn2cc(F)ccc12)N1CCc2[nH]cnc2[C@H]1c1cc2cccc(F)c2o1. The molecule has 0 bridgehead atoms. The van der Waals surface area contributed by atoms with Crippen LogP contribution in [0.4, 0.5) is 8.78 Å². The number of aromatic nitrogens is 4. The van der Waals surface area contributed by atoms with Gasteiger partial charge in [-0.1, -0.05) is 12.1 Å². The van der Waals surface area contributed by atoms with Crippen LogP contribution in [0.1, 0.15) is 33.5 Å². The number of benzene rings is 1. The Bertz CT molecular complexity index is 1470. The van der Waals surface area contributed by atoms with Gasteiger partial charge in [0.1, 0.15) is 17.6 Å². The predicted octanol–water partition coefficient (Wildman–Crippen LogP) is 3.87. The number of carbonyl (C=O) groups excluding carboxylic acids is 1. The Labute approximate surface area is 173 Å². The average Bonchev–Trinajstić information content (AvgIpc) is 3.50. The number of hydrogen-bond acceptors (Lipinski definition) is 4. The molecule has 4 aromatic heterocycles. The highest BCUT2D eigenvalue weighted by molar-refractivity contribution is 6.01. The fraction of sp³-hybridized carbons (Fsp3) is 0.136. The number of H-pyrrole nitrogens is 1. The van der Waals surface area contributed by atoms with Crippen molar-refractivity contribution >= 4 is 22.4 Å². The van der Waals surface area contributed by atoms with Crippen molar-refractivity contribution in [1.29, 1.82) is 0 Å². The maximum Gasteiger partial charge on any atom is 0.258 e. The van der Waals surface area contributed by atoms with E-state index in [1.807, 2.05) is 0 Å².